The zero-order valence-electron chi connectivity index (χ0n) is 14.4. The van der Waals surface area contributed by atoms with Crippen LogP contribution in [0.4, 0.5) is 5.69 Å². The zero-order valence-corrected chi connectivity index (χ0v) is 14.4. The molecule has 0 fully saturated rings. The van der Waals surface area contributed by atoms with E-state index in [2.05, 4.69) is 42.7 Å². The van der Waals surface area contributed by atoms with Crippen LogP contribution in [-0.4, -0.2) is 11.9 Å². The fourth-order valence-corrected chi connectivity index (χ4v) is 2.42. The highest BCUT2D eigenvalue weighted by atomic mass is 16.1. The number of hydrogen-bond acceptors (Lipinski definition) is 2. The molecule has 0 saturated carbocycles. The van der Waals surface area contributed by atoms with E-state index < -0.39 is 0 Å². The van der Waals surface area contributed by atoms with E-state index in [1.165, 1.54) is 16.7 Å². The molecule has 122 valence electrons. The Labute approximate surface area is 139 Å². The lowest BCUT2D eigenvalue weighted by molar-refractivity contribution is -0.120. The molecule has 2 N–H and O–H groups in total. The Morgan fingerprint density at radius 3 is 2.22 bits per heavy atom. The van der Waals surface area contributed by atoms with E-state index in [1.54, 1.807) is 0 Å². The summed E-state index contributed by atoms with van der Waals surface area (Å²) in [6.07, 6.45) is 0.426. The average Bonchev–Trinajstić information content (AvgIpc) is 2.49. The monoisotopic (exact) mass is 310 g/mol. The lowest BCUT2D eigenvalue weighted by atomic mass is 10.1. The highest BCUT2D eigenvalue weighted by Crippen LogP contribution is 2.14. The van der Waals surface area contributed by atoms with Crippen molar-refractivity contribution < 1.29 is 4.79 Å². The molecule has 3 nitrogen and oxygen atoms in total. The molecule has 0 unspecified atom stereocenters. The topological polar surface area (TPSA) is 41.1 Å². The normalized spacial score (nSPS) is 10.7. The summed E-state index contributed by atoms with van der Waals surface area (Å²) in [7, 11) is 0. The molecule has 2 aromatic rings. The molecule has 2 aromatic carbocycles. The fraction of sp³-hybridized carbons (Fsp3) is 0.350. The van der Waals surface area contributed by atoms with E-state index >= 15 is 0 Å². The summed E-state index contributed by atoms with van der Waals surface area (Å²) in [4.78, 5) is 11.8. The van der Waals surface area contributed by atoms with Gasteiger partial charge in [0.1, 0.15) is 0 Å². The number of rotatable bonds is 6. The quantitative estimate of drug-likeness (QED) is 0.847. The van der Waals surface area contributed by atoms with E-state index in [1.807, 2.05) is 38.1 Å². The van der Waals surface area contributed by atoms with E-state index in [0.29, 0.717) is 6.42 Å². The van der Waals surface area contributed by atoms with Crippen LogP contribution in [0.25, 0.3) is 0 Å². The maximum Gasteiger partial charge on any atom is 0.224 e. The van der Waals surface area contributed by atoms with Gasteiger partial charge in [0.2, 0.25) is 5.91 Å². The van der Waals surface area contributed by atoms with Gasteiger partial charge in [-0.25, -0.2) is 0 Å². The molecule has 0 aliphatic rings. The van der Waals surface area contributed by atoms with Crippen molar-refractivity contribution in [3.8, 4) is 0 Å². The smallest absolute Gasteiger partial charge is 0.224 e. The van der Waals surface area contributed by atoms with Gasteiger partial charge in [-0.1, -0.05) is 30.3 Å². The summed E-state index contributed by atoms with van der Waals surface area (Å²) >= 11 is 0. The van der Waals surface area contributed by atoms with Crippen molar-refractivity contribution in [1.82, 2.24) is 5.32 Å². The largest absolute Gasteiger partial charge is 0.381 e. The van der Waals surface area contributed by atoms with E-state index in [9.17, 15) is 4.79 Å². The summed E-state index contributed by atoms with van der Waals surface area (Å²) in [5.41, 5.74) is 6.00. The Morgan fingerprint density at radius 1 is 0.957 bits per heavy atom. The predicted molar refractivity (Wildman–Crippen MR) is 96.7 cm³/mol. The molecule has 2 rings (SSSR count). The van der Waals surface area contributed by atoms with Crippen LogP contribution in [0, 0.1) is 13.8 Å². The van der Waals surface area contributed by atoms with E-state index in [0.717, 1.165) is 17.8 Å². The average molecular weight is 310 g/mol. The third kappa shape index (κ3) is 5.44. The number of anilines is 1. The minimum absolute atomic E-state index is 0.0656. The maximum atomic E-state index is 11.8. The molecule has 3 heteroatoms. The van der Waals surface area contributed by atoms with Crippen LogP contribution in [0.15, 0.2) is 42.5 Å². The maximum absolute atomic E-state index is 11.8. The number of carbonyl (C=O) groups is 1. The second-order valence-corrected chi connectivity index (χ2v) is 6.37. The van der Waals surface area contributed by atoms with Crippen LogP contribution in [0.3, 0.4) is 0 Å². The second-order valence-electron chi connectivity index (χ2n) is 6.37. The zero-order chi connectivity index (χ0) is 16.8. The molecule has 0 aromatic heterocycles. The van der Waals surface area contributed by atoms with Gasteiger partial charge in [0.25, 0.3) is 0 Å². The first-order valence-corrected chi connectivity index (χ1v) is 8.12. The first kappa shape index (κ1) is 17.1. The van der Waals surface area contributed by atoms with Crippen LogP contribution in [0.5, 0.6) is 0 Å². The molecule has 0 heterocycles. The van der Waals surface area contributed by atoms with Gasteiger partial charge in [-0.2, -0.15) is 0 Å². The Kier molecular flexibility index (Phi) is 5.80. The van der Waals surface area contributed by atoms with Gasteiger partial charge >= 0.3 is 0 Å². The van der Waals surface area contributed by atoms with Crippen LogP contribution in [-0.2, 0) is 17.8 Å². The van der Waals surface area contributed by atoms with Crippen LogP contribution >= 0.6 is 0 Å². The Morgan fingerprint density at radius 2 is 1.61 bits per heavy atom. The molecule has 0 radical (unpaired) electrons. The molecular formula is C20H26N2O. The van der Waals surface area contributed by atoms with Gasteiger partial charge in [0.05, 0.1) is 6.42 Å². The minimum atomic E-state index is 0.0656. The van der Waals surface area contributed by atoms with Crippen molar-refractivity contribution in [2.75, 3.05) is 5.32 Å². The third-order valence-corrected chi connectivity index (χ3v) is 3.84. The van der Waals surface area contributed by atoms with Gasteiger partial charge in [0.15, 0.2) is 0 Å². The number of nitrogens with one attached hydrogen (secondary N) is 2. The van der Waals surface area contributed by atoms with E-state index in [-0.39, 0.29) is 11.9 Å². The standard InChI is InChI=1S/C20H26N2O/c1-14(2)22-20(23)12-17-7-9-19(10-8-17)21-13-18-6-5-15(3)16(4)11-18/h5-11,14,21H,12-13H2,1-4H3,(H,22,23). The Balaban J connectivity index is 1.89. The number of hydrogen-bond donors (Lipinski definition) is 2. The van der Waals surface area contributed by atoms with Gasteiger partial charge < -0.3 is 10.6 Å². The van der Waals surface area contributed by atoms with Crippen molar-refractivity contribution in [2.45, 2.75) is 46.7 Å². The lowest BCUT2D eigenvalue weighted by Crippen LogP contribution is -2.31. The van der Waals surface area contributed by atoms with Crippen molar-refractivity contribution in [1.29, 1.82) is 0 Å². The second kappa shape index (κ2) is 7.82. The summed E-state index contributed by atoms with van der Waals surface area (Å²) in [6, 6.07) is 14.8. The van der Waals surface area contributed by atoms with Gasteiger partial charge in [-0.05, 0) is 62.1 Å². The number of aryl methyl sites for hydroxylation is 2. The number of carbonyl (C=O) groups excluding carboxylic acids is 1. The van der Waals surface area contributed by atoms with Crippen molar-refractivity contribution in [3.63, 3.8) is 0 Å². The molecule has 1 amide bonds. The Bertz CT molecular complexity index is 660. The summed E-state index contributed by atoms with van der Waals surface area (Å²) in [5, 5.41) is 6.33. The SMILES string of the molecule is Cc1ccc(CNc2ccc(CC(=O)NC(C)C)cc2)cc1C. The van der Waals surface area contributed by atoms with Gasteiger partial charge in [-0.3, -0.25) is 4.79 Å². The molecule has 23 heavy (non-hydrogen) atoms. The van der Waals surface area contributed by atoms with E-state index in [4.69, 9.17) is 0 Å². The summed E-state index contributed by atoms with van der Waals surface area (Å²) in [6.45, 7) is 9.00. The van der Waals surface area contributed by atoms with Crippen molar-refractivity contribution >= 4 is 11.6 Å². The van der Waals surface area contributed by atoms with Gasteiger partial charge in [0, 0.05) is 18.3 Å². The highest BCUT2D eigenvalue weighted by Gasteiger charge is 2.05. The summed E-state index contributed by atoms with van der Waals surface area (Å²) in [5.74, 6) is 0.0656. The number of amides is 1. The highest BCUT2D eigenvalue weighted by molar-refractivity contribution is 5.78. The minimum Gasteiger partial charge on any atom is -0.381 e. The van der Waals surface area contributed by atoms with Crippen LogP contribution < -0.4 is 10.6 Å². The van der Waals surface area contributed by atoms with Crippen molar-refractivity contribution in [3.05, 3.63) is 64.7 Å². The fourth-order valence-electron chi connectivity index (χ4n) is 2.42. The molecule has 0 aliphatic carbocycles. The predicted octanol–water partition coefficient (Wildman–Crippen LogP) is 3.98. The molecular weight excluding hydrogens is 284 g/mol. The summed E-state index contributed by atoms with van der Waals surface area (Å²) < 4.78 is 0. The van der Waals surface area contributed by atoms with Crippen LogP contribution in [0.1, 0.15) is 36.1 Å². The first-order chi connectivity index (χ1) is 10.9. The molecule has 0 spiro atoms. The lowest BCUT2D eigenvalue weighted by Gasteiger charge is -2.10. The molecule has 0 saturated heterocycles. The molecule has 0 aliphatic heterocycles. The number of benzene rings is 2. The third-order valence-electron chi connectivity index (χ3n) is 3.84. The first-order valence-electron chi connectivity index (χ1n) is 8.12. The molecule has 0 atom stereocenters. The van der Waals surface area contributed by atoms with Gasteiger partial charge in [-0.15, -0.1) is 0 Å². The van der Waals surface area contributed by atoms with Crippen molar-refractivity contribution in [2.24, 2.45) is 0 Å². The van der Waals surface area contributed by atoms with Crippen LogP contribution in [0.2, 0.25) is 0 Å². The Hall–Kier alpha value is -2.29. The molecule has 0 bridgehead atoms.